The molecule has 1 heterocycles. The molecule has 1 unspecified atom stereocenters. The van der Waals surface area contributed by atoms with Crippen molar-refractivity contribution in [2.24, 2.45) is 10.9 Å². The van der Waals surface area contributed by atoms with Crippen molar-refractivity contribution >= 4 is 35.8 Å². The topological polar surface area (TPSA) is 66.0 Å². The summed E-state index contributed by atoms with van der Waals surface area (Å²) in [5, 5.41) is 6.39. The second kappa shape index (κ2) is 11.9. The summed E-state index contributed by atoms with van der Waals surface area (Å²) in [5.74, 6) is 1.39. The smallest absolute Gasteiger partial charge is 0.242 e. The van der Waals surface area contributed by atoms with E-state index in [9.17, 15) is 4.79 Å². The standard InChI is InChI=1S/C17H32N4O2.HI/c1-3-18-17(21(2)12-14-9-10-23-13-14)19-11-16(22)20-15-7-5-4-6-8-15;/h14-15H,3-13H2,1-2H3,(H,18,19)(H,20,22);1H. The predicted octanol–water partition coefficient (Wildman–Crippen LogP) is 1.99. The van der Waals surface area contributed by atoms with Crippen LogP contribution in [0.5, 0.6) is 0 Å². The van der Waals surface area contributed by atoms with E-state index in [-0.39, 0.29) is 36.4 Å². The fourth-order valence-electron chi connectivity index (χ4n) is 3.34. The van der Waals surface area contributed by atoms with Crippen LogP contribution in [-0.4, -0.2) is 62.7 Å². The van der Waals surface area contributed by atoms with E-state index >= 15 is 0 Å². The number of carbonyl (C=O) groups excluding carboxylic acids is 1. The third kappa shape index (κ3) is 7.55. The summed E-state index contributed by atoms with van der Waals surface area (Å²) in [5.41, 5.74) is 0. The van der Waals surface area contributed by atoms with Crippen LogP contribution in [0.2, 0.25) is 0 Å². The molecule has 2 N–H and O–H groups in total. The van der Waals surface area contributed by atoms with Crippen molar-refractivity contribution in [2.45, 2.75) is 51.5 Å². The zero-order chi connectivity index (χ0) is 16.5. The van der Waals surface area contributed by atoms with Crippen LogP contribution in [0.1, 0.15) is 45.4 Å². The molecule has 0 spiro atoms. The molecule has 1 aliphatic heterocycles. The molecule has 2 fully saturated rings. The molecular formula is C17H33IN4O2. The summed E-state index contributed by atoms with van der Waals surface area (Å²) < 4.78 is 5.43. The van der Waals surface area contributed by atoms with Gasteiger partial charge >= 0.3 is 0 Å². The number of amides is 1. The molecule has 24 heavy (non-hydrogen) atoms. The summed E-state index contributed by atoms with van der Waals surface area (Å²) in [4.78, 5) is 18.7. The number of ether oxygens (including phenoxy) is 1. The Morgan fingerprint density at radius 1 is 1.25 bits per heavy atom. The molecule has 1 amide bonds. The van der Waals surface area contributed by atoms with Gasteiger partial charge in [0.2, 0.25) is 5.91 Å². The van der Waals surface area contributed by atoms with Crippen molar-refractivity contribution < 1.29 is 9.53 Å². The molecule has 6 nitrogen and oxygen atoms in total. The first-order valence-electron chi connectivity index (χ1n) is 9.05. The van der Waals surface area contributed by atoms with E-state index in [1.54, 1.807) is 0 Å². The molecule has 7 heteroatoms. The number of hydrogen-bond acceptors (Lipinski definition) is 3. The Kier molecular flexibility index (Phi) is 10.6. The molecule has 1 saturated heterocycles. The minimum atomic E-state index is 0. The second-order valence-corrected chi connectivity index (χ2v) is 6.68. The fraction of sp³-hybridized carbons (Fsp3) is 0.882. The Morgan fingerprint density at radius 2 is 2.00 bits per heavy atom. The van der Waals surface area contributed by atoms with Gasteiger partial charge in [-0.05, 0) is 26.2 Å². The fourth-order valence-corrected chi connectivity index (χ4v) is 3.34. The van der Waals surface area contributed by atoms with Gasteiger partial charge in [-0.15, -0.1) is 24.0 Å². The Bertz CT molecular complexity index is 394. The summed E-state index contributed by atoms with van der Waals surface area (Å²) in [7, 11) is 2.03. The van der Waals surface area contributed by atoms with Crippen LogP contribution in [0.25, 0.3) is 0 Å². The van der Waals surface area contributed by atoms with Crippen molar-refractivity contribution in [2.75, 3.05) is 39.9 Å². The van der Waals surface area contributed by atoms with Crippen molar-refractivity contribution in [3.63, 3.8) is 0 Å². The lowest BCUT2D eigenvalue weighted by Crippen LogP contribution is -2.43. The molecular weight excluding hydrogens is 419 g/mol. The van der Waals surface area contributed by atoms with Crippen LogP contribution in [0.15, 0.2) is 4.99 Å². The number of guanidine groups is 1. The highest BCUT2D eigenvalue weighted by Crippen LogP contribution is 2.17. The number of halogens is 1. The normalized spacial score (nSPS) is 21.9. The molecule has 0 radical (unpaired) electrons. The SMILES string of the molecule is CCNC(=NCC(=O)NC1CCCCC1)N(C)CC1CCOC1.I. The van der Waals surface area contributed by atoms with E-state index in [0.717, 1.165) is 51.5 Å². The lowest BCUT2D eigenvalue weighted by Gasteiger charge is -2.25. The summed E-state index contributed by atoms with van der Waals surface area (Å²) >= 11 is 0. The van der Waals surface area contributed by atoms with Gasteiger partial charge in [0.25, 0.3) is 0 Å². The monoisotopic (exact) mass is 452 g/mol. The molecule has 0 aromatic heterocycles. The molecule has 0 aromatic carbocycles. The van der Waals surface area contributed by atoms with Gasteiger partial charge in [0, 0.05) is 38.7 Å². The number of aliphatic imine (C=N–C) groups is 1. The number of rotatable bonds is 6. The average molecular weight is 452 g/mol. The lowest BCUT2D eigenvalue weighted by atomic mass is 9.95. The Morgan fingerprint density at radius 3 is 2.62 bits per heavy atom. The van der Waals surface area contributed by atoms with Gasteiger partial charge in [0.05, 0.1) is 6.61 Å². The summed E-state index contributed by atoms with van der Waals surface area (Å²) in [6, 6.07) is 0.349. The molecule has 0 bridgehead atoms. The van der Waals surface area contributed by atoms with Crippen LogP contribution >= 0.6 is 24.0 Å². The van der Waals surface area contributed by atoms with Crippen molar-refractivity contribution in [3.8, 4) is 0 Å². The molecule has 0 aromatic rings. The highest BCUT2D eigenvalue weighted by molar-refractivity contribution is 14.0. The highest BCUT2D eigenvalue weighted by atomic mass is 127. The number of hydrogen-bond donors (Lipinski definition) is 2. The van der Waals surface area contributed by atoms with Crippen LogP contribution < -0.4 is 10.6 Å². The maximum atomic E-state index is 12.1. The number of nitrogens with zero attached hydrogens (tertiary/aromatic N) is 2. The summed E-state index contributed by atoms with van der Waals surface area (Å²) in [6.07, 6.45) is 7.07. The summed E-state index contributed by atoms with van der Waals surface area (Å²) in [6.45, 7) is 5.64. The minimum absolute atomic E-state index is 0. The van der Waals surface area contributed by atoms with Crippen molar-refractivity contribution in [1.82, 2.24) is 15.5 Å². The quantitative estimate of drug-likeness (QED) is 0.368. The first-order chi connectivity index (χ1) is 11.2. The maximum absolute atomic E-state index is 12.1. The largest absolute Gasteiger partial charge is 0.381 e. The first-order valence-corrected chi connectivity index (χ1v) is 9.05. The van der Waals surface area contributed by atoms with Crippen molar-refractivity contribution in [3.05, 3.63) is 0 Å². The van der Waals surface area contributed by atoms with Gasteiger partial charge in [-0.1, -0.05) is 19.3 Å². The average Bonchev–Trinajstić information content (AvgIpc) is 3.05. The lowest BCUT2D eigenvalue weighted by molar-refractivity contribution is -0.120. The Hall–Kier alpha value is -0.570. The highest BCUT2D eigenvalue weighted by Gasteiger charge is 2.19. The van der Waals surface area contributed by atoms with E-state index in [4.69, 9.17) is 4.74 Å². The maximum Gasteiger partial charge on any atom is 0.242 e. The molecule has 2 rings (SSSR count). The van der Waals surface area contributed by atoms with E-state index in [2.05, 4.69) is 20.5 Å². The van der Waals surface area contributed by atoms with Crippen LogP contribution in [-0.2, 0) is 9.53 Å². The molecule has 1 atom stereocenters. The number of nitrogens with one attached hydrogen (secondary N) is 2. The predicted molar refractivity (Wildman–Crippen MR) is 108 cm³/mol. The van der Waals surface area contributed by atoms with Gasteiger partial charge in [0.15, 0.2) is 5.96 Å². The molecule has 1 saturated carbocycles. The van der Waals surface area contributed by atoms with E-state index < -0.39 is 0 Å². The van der Waals surface area contributed by atoms with E-state index in [1.807, 2.05) is 14.0 Å². The van der Waals surface area contributed by atoms with Gasteiger partial charge in [-0.3, -0.25) is 4.79 Å². The van der Waals surface area contributed by atoms with E-state index in [1.165, 1.54) is 19.3 Å². The molecule has 140 valence electrons. The first kappa shape index (κ1) is 21.5. The van der Waals surface area contributed by atoms with Crippen LogP contribution in [0, 0.1) is 5.92 Å². The Balaban J connectivity index is 0.00000288. The van der Waals surface area contributed by atoms with Gasteiger partial charge in [-0.2, -0.15) is 0 Å². The van der Waals surface area contributed by atoms with Gasteiger partial charge < -0.3 is 20.3 Å². The van der Waals surface area contributed by atoms with E-state index in [0.29, 0.717) is 12.0 Å². The van der Waals surface area contributed by atoms with Crippen LogP contribution in [0.3, 0.4) is 0 Å². The Labute approximate surface area is 163 Å². The zero-order valence-corrected chi connectivity index (χ0v) is 17.4. The third-order valence-electron chi connectivity index (χ3n) is 4.60. The second-order valence-electron chi connectivity index (χ2n) is 6.68. The minimum Gasteiger partial charge on any atom is -0.381 e. The van der Waals surface area contributed by atoms with Gasteiger partial charge in [-0.25, -0.2) is 4.99 Å². The zero-order valence-electron chi connectivity index (χ0n) is 15.1. The van der Waals surface area contributed by atoms with Crippen LogP contribution in [0.4, 0.5) is 0 Å². The van der Waals surface area contributed by atoms with Crippen molar-refractivity contribution in [1.29, 1.82) is 0 Å². The number of carbonyl (C=O) groups is 1. The molecule has 1 aliphatic carbocycles. The third-order valence-corrected chi connectivity index (χ3v) is 4.60. The van der Waals surface area contributed by atoms with Gasteiger partial charge in [0.1, 0.15) is 6.54 Å². The molecule has 2 aliphatic rings.